The molecule has 0 radical (unpaired) electrons. The molecule has 244 valence electrons. The molecule has 0 bridgehead atoms. The van der Waals surface area contributed by atoms with Crippen molar-refractivity contribution in [3.8, 4) is 0 Å². The number of amides is 2. The summed E-state index contributed by atoms with van der Waals surface area (Å²) in [4.78, 5) is 60.9. The normalized spacial score (nSPS) is 18.4. The molecule has 2 atom stereocenters. The Morgan fingerprint density at radius 2 is 2.11 bits per heavy atom. The highest BCUT2D eigenvalue weighted by atomic mass is 35.5. The standard InChI is InChI=1S/C28H31ClN8O7S2/c1-28(2,26(42)43)44-34-18(17-21(29)46-27(30)33-17)22(38)32-19-23(39)37-20(25(40)41)14(13-45-24(19)37)12-36-9-4-6-15-16(36)7-11-35(15)10-5-8-31-3/h4,6-7,9,11,19,24,31H,5,8,10,12-13H2,1-3H3,(H4-,30,32,33,38,40,41,42,43)/b34-18-/t19-,24-/m1/s1. The Balaban J connectivity index is 1.37. The molecule has 5 rings (SSSR count). The maximum atomic E-state index is 13.4. The Kier molecular flexibility index (Phi) is 9.57. The summed E-state index contributed by atoms with van der Waals surface area (Å²) in [5, 5.41) is 30.5. The molecule has 1 fully saturated rings. The lowest BCUT2D eigenvalue weighted by Crippen LogP contribution is -2.71. The van der Waals surface area contributed by atoms with Gasteiger partial charge in [0.05, 0.1) is 11.7 Å². The number of fused-ring (bicyclic) bond motifs is 2. The highest BCUT2D eigenvalue weighted by Gasteiger charge is 2.53. The number of carbonyl (C=O) groups is 4. The predicted octanol–water partition coefficient (Wildman–Crippen LogP) is -0.0816. The average Bonchev–Trinajstić information content (AvgIpc) is 3.57. The minimum atomic E-state index is -1.82. The molecular weight excluding hydrogens is 660 g/mol. The Labute approximate surface area is 276 Å². The molecule has 0 spiro atoms. The molecule has 0 aromatic carbocycles. The van der Waals surface area contributed by atoms with Gasteiger partial charge < -0.3 is 40.8 Å². The molecule has 1 saturated heterocycles. The zero-order valence-corrected chi connectivity index (χ0v) is 27.4. The number of hydrogen-bond acceptors (Lipinski definition) is 12. The molecule has 46 heavy (non-hydrogen) atoms. The van der Waals surface area contributed by atoms with Gasteiger partial charge >= 0.3 is 5.97 Å². The van der Waals surface area contributed by atoms with Gasteiger partial charge in [0.1, 0.15) is 27.0 Å². The van der Waals surface area contributed by atoms with Gasteiger partial charge in [0.2, 0.25) is 11.1 Å². The van der Waals surface area contributed by atoms with E-state index in [9.17, 15) is 29.4 Å². The number of nitrogen functional groups attached to an aromatic ring is 1. The van der Waals surface area contributed by atoms with Gasteiger partial charge in [-0.25, -0.2) is 9.78 Å². The van der Waals surface area contributed by atoms with E-state index in [-0.39, 0.29) is 33.2 Å². The largest absolute Gasteiger partial charge is 0.543 e. The number of nitrogens with zero attached hydrogens (tertiary/aromatic N) is 5. The third-order valence-corrected chi connectivity index (χ3v) is 9.87. The molecule has 2 aliphatic rings. The van der Waals surface area contributed by atoms with Crippen molar-refractivity contribution in [3.05, 3.63) is 51.9 Å². The molecule has 2 amide bonds. The lowest BCUT2D eigenvalue weighted by Gasteiger charge is -2.50. The van der Waals surface area contributed by atoms with Crippen molar-refractivity contribution in [2.24, 2.45) is 5.16 Å². The van der Waals surface area contributed by atoms with Crippen LogP contribution in [0.4, 0.5) is 5.13 Å². The number of halogens is 1. The van der Waals surface area contributed by atoms with Crippen LogP contribution in [0.25, 0.3) is 11.0 Å². The van der Waals surface area contributed by atoms with E-state index in [1.165, 1.54) is 25.6 Å². The third-order valence-electron chi connectivity index (χ3n) is 7.45. The van der Waals surface area contributed by atoms with Gasteiger partial charge in [0.25, 0.3) is 11.8 Å². The number of aliphatic carboxylic acids is 2. The highest BCUT2D eigenvalue weighted by Crippen LogP contribution is 2.40. The zero-order chi connectivity index (χ0) is 33.3. The minimum absolute atomic E-state index is 0.00983. The number of nitrogens with two attached hydrogens (primary N) is 1. The number of aromatic nitrogens is 3. The lowest BCUT2D eigenvalue weighted by atomic mass is 10.0. The second kappa shape index (κ2) is 13.3. The van der Waals surface area contributed by atoms with Gasteiger partial charge in [-0.2, -0.15) is 4.57 Å². The molecule has 3 aromatic heterocycles. The summed E-state index contributed by atoms with van der Waals surface area (Å²) in [7, 11) is 1.90. The van der Waals surface area contributed by atoms with E-state index in [0.717, 1.165) is 46.8 Å². The molecule has 15 nitrogen and oxygen atoms in total. The van der Waals surface area contributed by atoms with Gasteiger partial charge in [0.15, 0.2) is 23.6 Å². The summed E-state index contributed by atoms with van der Waals surface area (Å²) in [5.74, 6) is -4.22. The first-order valence-corrected chi connectivity index (χ1v) is 16.3. The minimum Gasteiger partial charge on any atom is -0.543 e. The van der Waals surface area contributed by atoms with Gasteiger partial charge in [-0.3, -0.25) is 14.5 Å². The van der Waals surface area contributed by atoms with E-state index in [1.807, 2.05) is 42.2 Å². The van der Waals surface area contributed by atoms with Gasteiger partial charge in [-0.05, 0) is 39.9 Å². The number of carbonyl (C=O) groups excluding carboxylic acids is 3. The van der Waals surface area contributed by atoms with Crippen LogP contribution in [0, 0.1) is 0 Å². The molecular formula is C28H31ClN8O7S2. The summed E-state index contributed by atoms with van der Waals surface area (Å²) in [6.07, 6.45) is 4.78. The van der Waals surface area contributed by atoms with Crippen LogP contribution in [0.5, 0.6) is 0 Å². The van der Waals surface area contributed by atoms with Crippen LogP contribution in [-0.2, 0) is 37.1 Å². The number of anilines is 1. The fraction of sp³-hybridized carbons (Fsp3) is 0.393. The van der Waals surface area contributed by atoms with Crippen LogP contribution in [0.3, 0.4) is 0 Å². The number of carboxylic acid groups (broad SMARTS) is 2. The Bertz CT molecular complexity index is 1790. The summed E-state index contributed by atoms with van der Waals surface area (Å²) in [6.45, 7) is 4.34. The number of carboxylic acids is 2. The molecule has 5 heterocycles. The number of pyridine rings is 1. The number of aryl methyl sites for hydroxylation is 1. The van der Waals surface area contributed by atoms with Crippen LogP contribution in [0.2, 0.25) is 4.34 Å². The van der Waals surface area contributed by atoms with Crippen LogP contribution in [0.15, 0.2) is 47.0 Å². The second-order valence-electron chi connectivity index (χ2n) is 11.0. The second-order valence-corrected chi connectivity index (χ2v) is 13.7. The van der Waals surface area contributed by atoms with Gasteiger partial charge in [-0.15, -0.1) is 11.8 Å². The van der Waals surface area contributed by atoms with E-state index in [1.54, 1.807) is 0 Å². The number of rotatable bonds is 13. The monoisotopic (exact) mass is 690 g/mol. The Hall–Kier alpha value is -4.19. The number of thiazole rings is 1. The lowest BCUT2D eigenvalue weighted by molar-refractivity contribution is -0.663. The predicted molar refractivity (Wildman–Crippen MR) is 169 cm³/mol. The number of thioether (sulfide) groups is 1. The van der Waals surface area contributed by atoms with Crippen molar-refractivity contribution in [2.45, 2.75) is 50.4 Å². The van der Waals surface area contributed by atoms with Gasteiger partial charge in [0, 0.05) is 36.2 Å². The van der Waals surface area contributed by atoms with Crippen LogP contribution in [0.1, 0.15) is 26.0 Å². The van der Waals surface area contributed by atoms with Crippen molar-refractivity contribution in [1.29, 1.82) is 0 Å². The molecule has 0 unspecified atom stereocenters. The number of oxime groups is 1. The van der Waals surface area contributed by atoms with Crippen LogP contribution in [-0.4, -0.2) is 85.4 Å². The van der Waals surface area contributed by atoms with E-state index >= 15 is 0 Å². The maximum Gasteiger partial charge on any atom is 0.350 e. The van der Waals surface area contributed by atoms with Crippen LogP contribution < -0.4 is 26.0 Å². The summed E-state index contributed by atoms with van der Waals surface area (Å²) < 4.78 is 4.05. The first-order valence-electron chi connectivity index (χ1n) is 14.1. The Morgan fingerprint density at radius 1 is 1.35 bits per heavy atom. The smallest absolute Gasteiger partial charge is 0.350 e. The molecule has 0 aliphatic carbocycles. The quantitative estimate of drug-likeness (QED) is 0.0613. The highest BCUT2D eigenvalue weighted by molar-refractivity contribution is 8.00. The van der Waals surface area contributed by atoms with Crippen molar-refractivity contribution in [1.82, 2.24) is 25.1 Å². The van der Waals surface area contributed by atoms with Gasteiger partial charge in [-0.1, -0.05) is 28.1 Å². The molecule has 0 saturated carbocycles. The third kappa shape index (κ3) is 6.40. The maximum absolute atomic E-state index is 13.4. The van der Waals surface area contributed by atoms with E-state index in [2.05, 4.69) is 25.3 Å². The van der Waals surface area contributed by atoms with Crippen molar-refractivity contribution >= 4 is 80.3 Å². The summed E-state index contributed by atoms with van der Waals surface area (Å²) in [5.41, 5.74) is 5.39. The first kappa shape index (κ1) is 33.2. The zero-order valence-electron chi connectivity index (χ0n) is 25.0. The fourth-order valence-corrected chi connectivity index (χ4v) is 7.30. The fourth-order valence-electron chi connectivity index (χ4n) is 5.04. The van der Waals surface area contributed by atoms with E-state index in [4.69, 9.17) is 22.2 Å². The van der Waals surface area contributed by atoms with Crippen LogP contribution >= 0.6 is 34.7 Å². The van der Waals surface area contributed by atoms with Crippen molar-refractivity contribution < 1.29 is 38.8 Å². The summed E-state index contributed by atoms with van der Waals surface area (Å²) in [6, 6.07) is 4.71. The van der Waals surface area contributed by atoms with E-state index in [0.29, 0.717) is 5.57 Å². The molecule has 5 N–H and O–H groups in total. The molecule has 18 heteroatoms. The number of nitrogens with one attached hydrogen (secondary N) is 2. The Morgan fingerprint density at radius 3 is 2.76 bits per heavy atom. The van der Waals surface area contributed by atoms with Crippen molar-refractivity contribution in [3.63, 3.8) is 0 Å². The van der Waals surface area contributed by atoms with E-state index < -0.39 is 46.5 Å². The topological polar surface area (TPSA) is 208 Å². The number of β-lactam (4-membered cyclic amide) rings is 1. The average molecular weight is 691 g/mol. The summed E-state index contributed by atoms with van der Waals surface area (Å²) >= 11 is 8.34. The molecule has 3 aromatic rings. The SMILES string of the molecule is CNCCCn1ccc2c1ccc[n+]2CC1=C(C(=O)[O-])N2C(=O)[C@@H](NC(=O)/C(=N\OC(C)(C)C(=O)O)c3nc(N)sc3Cl)[C@H]2SC1. The first-order chi connectivity index (χ1) is 21.8. The number of hydrogen-bond donors (Lipinski definition) is 4. The molecule has 2 aliphatic heterocycles. The van der Waals surface area contributed by atoms with Crippen molar-refractivity contribution in [2.75, 3.05) is 25.1 Å².